The van der Waals surface area contributed by atoms with Crippen molar-refractivity contribution in [2.75, 3.05) is 5.75 Å². The molecule has 0 bridgehead atoms. The second-order valence-electron chi connectivity index (χ2n) is 6.00. The number of fused-ring (bicyclic) bond motifs is 1. The van der Waals surface area contributed by atoms with Crippen LogP contribution in [0.1, 0.15) is 12.5 Å². The summed E-state index contributed by atoms with van der Waals surface area (Å²) in [6.45, 7) is 2.17. The van der Waals surface area contributed by atoms with E-state index in [-0.39, 0.29) is 5.56 Å². The summed E-state index contributed by atoms with van der Waals surface area (Å²) in [5, 5.41) is 10.2. The molecule has 132 valence electrons. The molecule has 1 aromatic carbocycles. The molecule has 2 aromatic heterocycles. The van der Waals surface area contributed by atoms with Gasteiger partial charge in [0.05, 0.1) is 12.6 Å². The van der Waals surface area contributed by atoms with E-state index >= 15 is 0 Å². The second-order valence-corrected chi connectivity index (χ2v) is 6.99. The maximum Gasteiger partial charge on any atom is 0.332 e. The van der Waals surface area contributed by atoms with E-state index in [1.165, 1.54) is 23.4 Å². The summed E-state index contributed by atoms with van der Waals surface area (Å²) < 4.78 is 4.29. The smallest absolute Gasteiger partial charge is 0.332 e. The molecule has 8 heteroatoms. The van der Waals surface area contributed by atoms with Crippen LogP contribution < -0.4 is 11.2 Å². The Morgan fingerprint density at radius 3 is 2.48 bits per heavy atom. The third kappa shape index (κ3) is 3.27. The number of aryl methyl sites for hydroxylation is 1. The molecule has 1 atom stereocenters. The Morgan fingerprint density at radius 1 is 1.16 bits per heavy atom. The van der Waals surface area contributed by atoms with Crippen molar-refractivity contribution in [3.05, 3.63) is 56.7 Å². The molecular formula is C17H20N4O3S. The van der Waals surface area contributed by atoms with Crippen LogP contribution in [0.5, 0.6) is 0 Å². The Labute approximate surface area is 148 Å². The number of thioether (sulfide) groups is 1. The number of hydrogen-bond acceptors (Lipinski definition) is 5. The largest absolute Gasteiger partial charge is 0.393 e. The van der Waals surface area contributed by atoms with Gasteiger partial charge < -0.3 is 9.67 Å². The Kier molecular flexibility index (Phi) is 4.82. The van der Waals surface area contributed by atoms with Gasteiger partial charge in [-0.2, -0.15) is 0 Å². The van der Waals surface area contributed by atoms with E-state index in [2.05, 4.69) is 4.98 Å². The minimum absolute atomic E-state index is 0.358. The maximum atomic E-state index is 12.7. The van der Waals surface area contributed by atoms with Gasteiger partial charge in [-0.05, 0) is 12.5 Å². The van der Waals surface area contributed by atoms with Crippen molar-refractivity contribution in [1.82, 2.24) is 18.7 Å². The predicted molar refractivity (Wildman–Crippen MR) is 98.2 cm³/mol. The van der Waals surface area contributed by atoms with E-state index < -0.39 is 11.8 Å². The number of benzene rings is 1. The Morgan fingerprint density at radius 2 is 1.84 bits per heavy atom. The molecular weight excluding hydrogens is 340 g/mol. The summed E-state index contributed by atoms with van der Waals surface area (Å²) in [6.07, 6.45) is -0.498. The van der Waals surface area contributed by atoms with Crippen LogP contribution in [0.15, 0.2) is 45.1 Å². The first-order valence-corrected chi connectivity index (χ1v) is 8.89. The van der Waals surface area contributed by atoms with E-state index in [0.29, 0.717) is 28.6 Å². The molecule has 3 aromatic rings. The van der Waals surface area contributed by atoms with Gasteiger partial charge in [0.2, 0.25) is 0 Å². The molecule has 7 nitrogen and oxygen atoms in total. The summed E-state index contributed by atoms with van der Waals surface area (Å²) in [7, 11) is 3.07. The Balaban J connectivity index is 2.24. The maximum absolute atomic E-state index is 12.7. The summed E-state index contributed by atoms with van der Waals surface area (Å²) in [5.41, 5.74) is 0.995. The molecule has 1 N–H and O–H groups in total. The van der Waals surface area contributed by atoms with Crippen LogP contribution in [0.2, 0.25) is 0 Å². The lowest BCUT2D eigenvalue weighted by Crippen LogP contribution is -2.37. The highest BCUT2D eigenvalue weighted by atomic mass is 32.2. The van der Waals surface area contributed by atoms with E-state index in [0.717, 1.165) is 10.1 Å². The molecule has 0 saturated heterocycles. The van der Waals surface area contributed by atoms with Gasteiger partial charge in [0.25, 0.3) is 5.56 Å². The van der Waals surface area contributed by atoms with Crippen LogP contribution in [0.25, 0.3) is 11.2 Å². The minimum Gasteiger partial charge on any atom is -0.393 e. The molecule has 0 unspecified atom stereocenters. The van der Waals surface area contributed by atoms with Crippen LogP contribution >= 0.6 is 11.8 Å². The lowest BCUT2D eigenvalue weighted by Gasteiger charge is -2.10. The summed E-state index contributed by atoms with van der Waals surface area (Å²) >= 11 is 1.37. The van der Waals surface area contributed by atoms with Gasteiger partial charge in [0, 0.05) is 19.8 Å². The normalized spacial score (nSPS) is 12.6. The van der Waals surface area contributed by atoms with Crippen LogP contribution in [0.3, 0.4) is 0 Å². The highest BCUT2D eigenvalue weighted by Gasteiger charge is 2.19. The molecule has 0 aliphatic rings. The topological polar surface area (TPSA) is 82.1 Å². The van der Waals surface area contributed by atoms with E-state index in [4.69, 9.17) is 0 Å². The molecule has 25 heavy (non-hydrogen) atoms. The van der Waals surface area contributed by atoms with E-state index in [1.54, 1.807) is 14.0 Å². The summed E-state index contributed by atoms with van der Waals surface area (Å²) in [4.78, 5) is 29.4. The predicted octanol–water partition coefficient (Wildman–Crippen LogP) is 0.955. The van der Waals surface area contributed by atoms with E-state index in [9.17, 15) is 14.7 Å². The monoisotopic (exact) mass is 360 g/mol. The number of aliphatic hydroxyl groups excluding tert-OH is 1. The SMILES string of the molecule is C[C@H](O)CSc1nc2c(c(=O)n(C)c(=O)n2C)n1Cc1ccccc1. The molecule has 3 rings (SSSR count). The van der Waals surface area contributed by atoms with E-state index in [1.807, 2.05) is 34.9 Å². The summed E-state index contributed by atoms with van der Waals surface area (Å²) in [5.74, 6) is 0.451. The van der Waals surface area contributed by atoms with Crippen LogP contribution in [-0.2, 0) is 20.6 Å². The van der Waals surface area contributed by atoms with Crippen molar-refractivity contribution in [2.24, 2.45) is 14.1 Å². The molecule has 0 fully saturated rings. The van der Waals surface area contributed by atoms with Crippen LogP contribution in [0.4, 0.5) is 0 Å². The van der Waals surface area contributed by atoms with Gasteiger partial charge in [-0.25, -0.2) is 9.78 Å². The average Bonchev–Trinajstić information content (AvgIpc) is 2.95. The van der Waals surface area contributed by atoms with Gasteiger partial charge >= 0.3 is 5.69 Å². The molecule has 0 aliphatic heterocycles. The fourth-order valence-corrected chi connectivity index (χ4v) is 3.50. The van der Waals surface area contributed by atoms with Gasteiger partial charge in [-0.15, -0.1) is 0 Å². The number of aliphatic hydroxyl groups is 1. The number of nitrogens with zero attached hydrogens (tertiary/aromatic N) is 4. The number of imidazole rings is 1. The number of rotatable bonds is 5. The zero-order chi connectivity index (χ0) is 18.1. The fourth-order valence-electron chi connectivity index (χ4n) is 2.64. The lowest BCUT2D eigenvalue weighted by atomic mass is 10.2. The van der Waals surface area contributed by atoms with Crippen LogP contribution in [-0.4, -0.2) is 35.6 Å². The van der Waals surface area contributed by atoms with Gasteiger partial charge in [-0.1, -0.05) is 42.1 Å². The van der Waals surface area contributed by atoms with Crippen molar-refractivity contribution in [1.29, 1.82) is 0 Å². The van der Waals surface area contributed by atoms with Crippen molar-refractivity contribution in [2.45, 2.75) is 24.7 Å². The first kappa shape index (κ1) is 17.5. The number of aromatic nitrogens is 4. The fraction of sp³-hybridized carbons (Fsp3) is 0.353. The quantitative estimate of drug-likeness (QED) is 0.685. The Bertz CT molecular complexity index is 1020. The third-order valence-electron chi connectivity index (χ3n) is 3.95. The molecule has 0 saturated carbocycles. The van der Waals surface area contributed by atoms with Crippen molar-refractivity contribution < 1.29 is 5.11 Å². The Hall–Kier alpha value is -2.32. The zero-order valence-electron chi connectivity index (χ0n) is 14.3. The molecule has 0 amide bonds. The van der Waals surface area contributed by atoms with Crippen molar-refractivity contribution in [3.8, 4) is 0 Å². The first-order valence-electron chi connectivity index (χ1n) is 7.91. The minimum atomic E-state index is -0.498. The molecule has 0 spiro atoms. The molecule has 0 aliphatic carbocycles. The van der Waals surface area contributed by atoms with Crippen molar-refractivity contribution >= 4 is 22.9 Å². The number of hydrogen-bond donors (Lipinski definition) is 1. The lowest BCUT2D eigenvalue weighted by molar-refractivity contribution is 0.220. The first-order chi connectivity index (χ1) is 11.9. The zero-order valence-corrected chi connectivity index (χ0v) is 15.2. The summed E-state index contributed by atoms with van der Waals surface area (Å²) in [6, 6.07) is 9.75. The third-order valence-corrected chi connectivity index (χ3v) is 5.17. The molecule has 2 heterocycles. The highest BCUT2D eigenvalue weighted by Crippen LogP contribution is 2.23. The second kappa shape index (κ2) is 6.89. The van der Waals surface area contributed by atoms with Gasteiger partial charge in [0.15, 0.2) is 16.3 Å². The van der Waals surface area contributed by atoms with Gasteiger partial charge in [-0.3, -0.25) is 13.9 Å². The average molecular weight is 360 g/mol. The standard InChI is InChI=1S/C17H20N4O3S/c1-11(22)10-25-16-18-14-13(15(23)20(3)17(24)19(14)2)21(16)9-12-7-5-4-6-8-12/h4-8,11,22H,9-10H2,1-3H3/t11-/m0/s1. The van der Waals surface area contributed by atoms with Crippen LogP contribution in [0, 0.1) is 0 Å². The van der Waals surface area contributed by atoms with Crippen molar-refractivity contribution in [3.63, 3.8) is 0 Å². The highest BCUT2D eigenvalue weighted by molar-refractivity contribution is 7.99. The van der Waals surface area contributed by atoms with Gasteiger partial charge in [0.1, 0.15) is 0 Å². The molecule has 0 radical (unpaired) electrons.